The Balaban J connectivity index is 1.30. The first-order valence-corrected chi connectivity index (χ1v) is 15.5. The zero-order valence-corrected chi connectivity index (χ0v) is 26.0. The van der Waals surface area contributed by atoms with E-state index in [0.717, 1.165) is 51.9 Å². The number of halogens is 2. The van der Waals surface area contributed by atoms with Crippen LogP contribution in [-0.4, -0.2) is 65.6 Å². The number of nitrogens with one attached hydrogen (secondary N) is 3. The van der Waals surface area contributed by atoms with Gasteiger partial charge in [0.25, 0.3) is 0 Å². The lowest BCUT2D eigenvalue weighted by Gasteiger charge is -2.66. The number of anilines is 4. The van der Waals surface area contributed by atoms with Crippen molar-refractivity contribution < 1.29 is 9.18 Å². The molecule has 1 saturated heterocycles. The third-order valence-corrected chi connectivity index (χ3v) is 10.7. The highest BCUT2D eigenvalue weighted by molar-refractivity contribution is 6.32. The smallest absolute Gasteiger partial charge is 0.229 e. The SMILES string of the molecule is CCN(CC)C1CCN(c2ccc(Nc3ncc(Cl)c(N[C@@]4(C)[C@@H](C(=O)NC)C[C@H]5C[C@@H]4C5(C)C)n3)cc2F)CC1. The second-order valence-corrected chi connectivity index (χ2v) is 13.1. The van der Waals surface area contributed by atoms with Gasteiger partial charge in [0.1, 0.15) is 10.8 Å². The molecule has 1 aromatic heterocycles. The molecule has 4 atom stereocenters. The van der Waals surface area contributed by atoms with Gasteiger partial charge in [-0.1, -0.05) is 39.3 Å². The monoisotopic (exact) mass is 585 g/mol. The Kier molecular flexibility index (Phi) is 8.41. The highest BCUT2D eigenvalue weighted by Crippen LogP contribution is 2.65. The van der Waals surface area contributed by atoms with E-state index in [1.54, 1.807) is 13.2 Å². The van der Waals surface area contributed by atoms with Crippen LogP contribution in [0.5, 0.6) is 0 Å². The van der Waals surface area contributed by atoms with Crippen LogP contribution in [0.1, 0.15) is 60.3 Å². The van der Waals surface area contributed by atoms with Crippen LogP contribution < -0.4 is 20.9 Å². The number of rotatable bonds is 9. The summed E-state index contributed by atoms with van der Waals surface area (Å²) in [5, 5.41) is 9.95. The molecule has 10 heteroatoms. The molecular formula is C31H45ClFN7O. The molecule has 6 rings (SSSR count). The molecule has 224 valence electrons. The highest BCUT2D eigenvalue weighted by Gasteiger charge is 2.64. The number of benzene rings is 1. The van der Waals surface area contributed by atoms with Gasteiger partial charge in [0.15, 0.2) is 5.82 Å². The molecule has 0 unspecified atom stereocenters. The summed E-state index contributed by atoms with van der Waals surface area (Å²) in [4.78, 5) is 26.6. The van der Waals surface area contributed by atoms with Gasteiger partial charge >= 0.3 is 0 Å². The molecule has 3 saturated carbocycles. The Morgan fingerprint density at radius 2 is 1.88 bits per heavy atom. The van der Waals surface area contributed by atoms with Gasteiger partial charge in [0.05, 0.1) is 23.3 Å². The van der Waals surface area contributed by atoms with Gasteiger partial charge in [-0.15, -0.1) is 0 Å². The maximum Gasteiger partial charge on any atom is 0.229 e. The average Bonchev–Trinajstić information content (AvgIpc) is 2.95. The van der Waals surface area contributed by atoms with E-state index in [4.69, 9.17) is 11.6 Å². The summed E-state index contributed by atoms with van der Waals surface area (Å²) in [6.45, 7) is 14.9. The quantitative estimate of drug-likeness (QED) is 0.337. The van der Waals surface area contributed by atoms with Gasteiger partial charge in [-0.25, -0.2) is 9.37 Å². The predicted molar refractivity (Wildman–Crippen MR) is 164 cm³/mol. The Morgan fingerprint density at radius 1 is 1.17 bits per heavy atom. The lowest BCUT2D eigenvalue weighted by atomic mass is 9.40. The van der Waals surface area contributed by atoms with Gasteiger partial charge in [-0.3, -0.25) is 4.79 Å². The van der Waals surface area contributed by atoms with Crippen molar-refractivity contribution in [3.8, 4) is 0 Å². The van der Waals surface area contributed by atoms with Crippen LogP contribution in [0.4, 0.5) is 27.5 Å². The minimum absolute atomic E-state index is 0.0292. The normalized spacial score (nSPS) is 27.3. The average molecular weight is 586 g/mol. The largest absolute Gasteiger partial charge is 0.369 e. The molecule has 0 radical (unpaired) electrons. The lowest BCUT2D eigenvalue weighted by molar-refractivity contribution is -0.155. The molecule has 2 bridgehead atoms. The van der Waals surface area contributed by atoms with E-state index in [1.807, 2.05) is 12.1 Å². The van der Waals surface area contributed by atoms with E-state index in [0.29, 0.717) is 40.1 Å². The highest BCUT2D eigenvalue weighted by atomic mass is 35.5. The fraction of sp³-hybridized carbons (Fsp3) is 0.645. The molecule has 1 aromatic carbocycles. The molecule has 3 N–H and O–H groups in total. The van der Waals surface area contributed by atoms with Gasteiger partial charge in [-0.05, 0) is 81.1 Å². The van der Waals surface area contributed by atoms with Crippen molar-refractivity contribution in [3.05, 3.63) is 35.2 Å². The van der Waals surface area contributed by atoms with Crippen molar-refractivity contribution in [1.29, 1.82) is 0 Å². The second kappa shape index (κ2) is 11.6. The summed E-state index contributed by atoms with van der Waals surface area (Å²) in [5.41, 5.74) is 0.778. The first-order chi connectivity index (χ1) is 19.5. The van der Waals surface area contributed by atoms with Crippen LogP contribution in [0.3, 0.4) is 0 Å². The van der Waals surface area contributed by atoms with Crippen LogP contribution in [0.25, 0.3) is 0 Å². The number of fused-ring (bicyclic) bond motifs is 2. The van der Waals surface area contributed by atoms with Crippen LogP contribution >= 0.6 is 11.6 Å². The number of piperidine rings is 1. The minimum atomic E-state index is -0.528. The van der Waals surface area contributed by atoms with Gasteiger partial charge in [0.2, 0.25) is 11.9 Å². The zero-order chi connectivity index (χ0) is 29.5. The lowest BCUT2D eigenvalue weighted by Crippen LogP contribution is -2.69. The molecular weight excluding hydrogens is 541 g/mol. The Morgan fingerprint density at radius 3 is 2.49 bits per heavy atom. The summed E-state index contributed by atoms with van der Waals surface area (Å²) in [7, 11) is 1.69. The number of hydrogen-bond acceptors (Lipinski definition) is 7. The standard InChI is InChI=1S/C31H45ClFN7O/c1-7-39(8-2)21-11-13-40(14-12-21)25-10-9-20(17-24(25)33)36-29-35-18-23(32)27(37-29)38-31(5)22(28(41)34-6)15-19-16-26(31)30(19,3)4/h9-10,17-19,21-22,26H,7-8,11-16H2,1-6H3,(H,34,41)(H2,35,36,37,38)/t19-,22+,26+,31-/m0/s1. The molecule has 2 heterocycles. The summed E-state index contributed by atoms with van der Waals surface area (Å²) in [6, 6.07) is 5.75. The van der Waals surface area contributed by atoms with Gasteiger partial charge in [-0.2, -0.15) is 4.98 Å². The van der Waals surface area contributed by atoms with Crippen molar-refractivity contribution >= 4 is 40.6 Å². The Labute approximate surface area is 248 Å². The molecule has 0 spiro atoms. The molecule has 2 aromatic rings. The minimum Gasteiger partial charge on any atom is -0.369 e. The second-order valence-electron chi connectivity index (χ2n) is 12.7. The summed E-state index contributed by atoms with van der Waals surface area (Å²) in [6.07, 6.45) is 5.50. The first kappa shape index (κ1) is 29.8. The zero-order valence-electron chi connectivity index (χ0n) is 25.2. The number of carbonyl (C=O) groups excluding carboxylic acids is 1. The first-order valence-electron chi connectivity index (χ1n) is 15.1. The summed E-state index contributed by atoms with van der Waals surface area (Å²) in [5.74, 6) is 1.15. The number of aromatic nitrogens is 2. The maximum absolute atomic E-state index is 15.3. The maximum atomic E-state index is 15.3. The fourth-order valence-electron chi connectivity index (χ4n) is 7.89. The van der Waals surface area contributed by atoms with E-state index in [2.05, 4.69) is 70.3 Å². The molecule has 1 amide bonds. The Hall–Kier alpha value is -2.65. The third-order valence-electron chi connectivity index (χ3n) is 10.5. The van der Waals surface area contributed by atoms with Crippen LogP contribution in [0.15, 0.2) is 24.4 Å². The van der Waals surface area contributed by atoms with E-state index >= 15 is 4.39 Å². The Bertz CT molecular complexity index is 1260. The molecule has 4 fully saturated rings. The predicted octanol–water partition coefficient (Wildman–Crippen LogP) is 5.92. The topological polar surface area (TPSA) is 85.4 Å². The van der Waals surface area contributed by atoms with Crippen molar-refractivity contribution in [2.24, 2.45) is 23.2 Å². The molecule has 8 nitrogen and oxygen atoms in total. The fourth-order valence-corrected chi connectivity index (χ4v) is 8.02. The molecule has 4 aliphatic rings. The van der Waals surface area contributed by atoms with Crippen molar-refractivity contribution in [2.45, 2.75) is 71.9 Å². The molecule has 1 aliphatic heterocycles. The van der Waals surface area contributed by atoms with E-state index in [-0.39, 0.29) is 29.0 Å². The number of carbonyl (C=O) groups is 1. The number of hydrogen-bond donors (Lipinski definition) is 3. The third kappa shape index (κ3) is 5.47. The van der Waals surface area contributed by atoms with E-state index in [1.165, 1.54) is 6.07 Å². The molecule has 41 heavy (non-hydrogen) atoms. The van der Waals surface area contributed by atoms with Crippen LogP contribution in [-0.2, 0) is 4.79 Å². The van der Waals surface area contributed by atoms with Crippen LogP contribution in [0.2, 0.25) is 5.02 Å². The van der Waals surface area contributed by atoms with Gasteiger partial charge < -0.3 is 25.8 Å². The number of amides is 1. The summed E-state index contributed by atoms with van der Waals surface area (Å²) >= 11 is 6.57. The van der Waals surface area contributed by atoms with Crippen LogP contribution in [0, 0.1) is 29.0 Å². The van der Waals surface area contributed by atoms with E-state index in [9.17, 15) is 4.79 Å². The van der Waals surface area contributed by atoms with E-state index < -0.39 is 5.54 Å². The molecule has 3 aliphatic carbocycles. The van der Waals surface area contributed by atoms with Crippen molar-refractivity contribution in [1.82, 2.24) is 20.2 Å². The van der Waals surface area contributed by atoms with Crippen molar-refractivity contribution in [2.75, 3.05) is 48.8 Å². The number of nitrogens with zero attached hydrogens (tertiary/aromatic N) is 4. The van der Waals surface area contributed by atoms with Gasteiger partial charge in [0, 0.05) is 31.9 Å². The van der Waals surface area contributed by atoms with Crippen molar-refractivity contribution in [3.63, 3.8) is 0 Å². The summed E-state index contributed by atoms with van der Waals surface area (Å²) < 4.78 is 15.3.